The Morgan fingerprint density at radius 3 is 2.31 bits per heavy atom. The molecule has 2 unspecified atom stereocenters. The molecule has 6 heteroatoms. The lowest BCUT2D eigenvalue weighted by Crippen LogP contribution is -2.39. The van der Waals surface area contributed by atoms with Gasteiger partial charge in [-0.05, 0) is 6.54 Å². The summed E-state index contributed by atoms with van der Waals surface area (Å²) in [4.78, 5) is 2.10. The molecule has 0 aromatic heterocycles. The van der Waals surface area contributed by atoms with Gasteiger partial charge in [-0.1, -0.05) is 6.92 Å². The van der Waals surface area contributed by atoms with Crippen LogP contribution in [0.5, 0.6) is 0 Å². The van der Waals surface area contributed by atoms with Gasteiger partial charge in [0, 0.05) is 37.9 Å². The average molecular weight is 273 g/mol. The van der Waals surface area contributed by atoms with E-state index in [9.17, 15) is 10.2 Å². The Balaban J connectivity index is 3.55. The first kappa shape index (κ1) is 16.4. The maximum Gasteiger partial charge on any atom is 0.0802 e. The monoisotopic (exact) mass is 272 g/mol. The lowest BCUT2D eigenvalue weighted by atomic mass is 10.3. The summed E-state index contributed by atoms with van der Waals surface area (Å²) < 4.78 is 0. The van der Waals surface area contributed by atoms with Gasteiger partial charge in [-0.25, -0.2) is 0 Å². The zero-order chi connectivity index (χ0) is 12.4. The third-order valence-corrected chi connectivity index (χ3v) is 2.97. The van der Waals surface area contributed by atoms with Crippen molar-refractivity contribution >= 4 is 23.2 Å². The molecule has 0 saturated carbocycles. The third-order valence-electron chi connectivity index (χ3n) is 2.26. The van der Waals surface area contributed by atoms with E-state index in [1.54, 1.807) is 0 Å². The summed E-state index contributed by atoms with van der Waals surface area (Å²) >= 11 is 11.0. The van der Waals surface area contributed by atoms with Crippen molar-refractivity contribution in [3.63, 3.8) is 0 Å². The largest absolute Gasteiger partial charge is 0.391 e. The maximum atomic E-state index is 9.39. The van der Waals surface area contributed by atoms with Gasteiger partial charge in [-0.15, -0.1) is 23.2 Å². The Kier molecular flexibility index (Phi) is 10.8. The number of hydrogen-bond acceptors (Lipinski definition) is 4. The lowest BCUT2D eigenvalue weighted by Gasteiger charge is -2.22. The van der Waals surface area contributed by atoms with Gasteiger partial charge in [0.05, 0.1) is 12.2 Å². The van der Waals surface area contributed by atoms with Crippen molar-refractivity contribution < 1.29 is 10.2 Å². The molecule has 16 heavy (non-hydrogen) atoms. The van der Waals surface area contributed by atoms with Gasteiger partial charge in [0.25, 0.3) is 0 Å². The first-order valence-electron chi connectivity index (χ1n) is 5.55. The normalized spacial score (nSPS) is 15.4. The number of aliphatic hydroxyl groups is 2. The highest BCUT2D eigenvalue weighted by atomic mass is 35.5. The van der Waals surface area contributed by atoms with Crippen LogP contribution in [0, 0.1) is 0 Å². The molecule has 2 atom stereocenters. The van der Waals surface area contributed by atoms with Crippen LogP contribution in [0.1, 0.15) is 6.92 Å². The highest BCUT2D eigenvalue weighted by molar-refractivity contribution is 6.18. The summed E-state index contributed by atoms with van der Waals surface area (Å²) in [5.74, 6) is 0.504. The summed E-state index contributed by atoms with van der Waals surface area (Å²) in [6.45, 7) is 5.57. The van der Waals surface area contributed by atoms with Gasteiger partial charge in [-0.2, -0.15) is 0 Å². The molecule has 0 saturated heterocycles. The molecule has 0 aromatic carbocycles. The van der Waals surface area contributed by atoms with Gasteiger partial charge < -0.3 is 15.5 Å². The summed E-state index contributed by atoms with van der Waals surface area (Å²) in [5.41, 5.74) is 0. The van der Waals surface area contributed by atoms with E-state index in [2.05, 4.69) is 10.2 Å². The molecule has 0 fully saturated rings. The fourth-order valence-corrected chi connectivity index (χ4v) is 1.49. The molecule has 4 nitrogen and oxygen atoms in total. The van der Waals surface area contributed by atoms with E-state index < -0.39 is 12.2 Å². The van der Waals surface area contributed by atoms with Crippen molar-refractivity contribution in [1.29, 1.82) is 0 Å². The average Bonchev–Trinajstić information content (AvgIpc) is 2.32. The van der Waals surface area contributed by atoms with Gasteiger partial charge in [-0.3, -0.25) is 4.90 Å². The van der Waals surface area contributed by atoms with Gasteiger partial charge in [0.2, 0.25) is 0 Å². The predicted molar refractivity (Wildman–Crippen MR) is 68.4 cm³/mol. The second-order valence-corrected chi connectivity index (χ2v) is 4.33. The van der Waals surface area contributed by atoms with Gasteiger partial charge >= 0.3 is 0 Å². The van der Waals surface area contributed by atoms with Crippen LogP contribution in [0.4, 0.5) is 0 Å². The summed E-state index contributed by atoms with van der Waals surface area (Å²) in [6, 6.07) is 0. The number of aliphatic hydroxyl groups excluding tert-OH is 2. The SMILES string of the molecule is CCN(CCNCC(O)CCl)CC(O)CCl. The molecule has 0 spiro atoms. The maximum absolute atomic E-state index is 9.39. The predicted octanol–water partition coefficient (Wildman–Crippen LogP) is 0.0973. The van der Waals surface area contributed by atoms with E-state index >= 15 is 0 Å². The summed E-state index contributed by atoms with van der Waals surface area (Å²) in [7, 11) is 0. The molecule has 0 aromatic rings. The number of likely N-dealkylation sites (N-methyl/N-ethyl adjacent to an activating group) is 1. The van der Waals surface area contributed by atoms with Gasteiger partial charge in [0.1, 0.15) is 0 Å². The number of nitrogens with zero attached hydrogens (tertiary/aromatic N) is 1. The summed E-state index contributed by atoms with van der Waals surface area (Å²) in [6.07, 6.45) is -0.972. The standard InChI is InChI=1S/C10H22Cl2N2O2/c1-2-14(8-10(16)6-12)4-3-13-7-9(15)5-11/h9-10,13,15-16H,2-8H2,1H3. The minimum Gasteiger partial charge on any atom is -0.391 e. The second kappa shape index (κ2) is 10.6. The molecule has 0 aliphatic rings. The highest BCUT2D eigenvalue weighted by Crippen LogP contribution is 1.94. The lowest BCUT2D eigenvalue weighted by molar-refractivity contribution is 0.131. The van der Waals surface area contributed by atoms with E-state index in [1.165, 1.54) is 0 Å². The topological polar surface area (TPSA) is 55.7 Å². The first-order chi connectivity index (χ1) is 7.63. The molecule has 3 N–H and O–H groups in total. The Bertz CT molecular complexity index is 164. The second-order valence-electron chi connectivity index (χ2n) is 3.71. The number of nitrogens with one attached hydrogen (secondary N) is 1. The van der Waals surface area contributed by atoms with Crippen LogP contribution >= 0.6 is 23.2 Å². The van der Waals surface area contributed by atoms with Crippen molar-refractivity contribution in [2.75, 3.05) is 44.5 Å². The van der Waals surface area contributed by atoms with E-state index in [4.69, 9.17) is 23.2 Å². The van der Waals surface area contributed by atoms with E-state index in [-0.39, 0.29) is 11.8 Å². The number of rotatable bonds is 10. The van der Waals surface area contributed by atoms with Crippen LogP contribution in [0.3, 0.4) is 0 Å². The zero-order valence-electron chi connectivity index (χ0n) is 9.70. The fraction of sp³-hybridized carbons (Fsp3) is 1.00. The molecule has 0 rings (SSSR count). The van der Waals surface area contributed by atoms with E-state index in [0.29, 0.717) is 13.1 Å². The molecule has 0 amide bonds. The highest BCUT2D eigenvalue weighted by Gasteiger charge is 2.08. The van der Waals surface area contributed by atoms with Crippen LogP contribution in [0.25, 0.3) is 0 Å². The number of halogens is 2. The molecule has 98 valence electrons. The Morgan fingerprint density at radius 2 is 1.81 bits per heavy atom. The minimum absolute atomic E-state index is 0.245. The molecule has 0 bridgehead atoms. The quantitative estimate of drug-likeness (QED) is 0.390. The Morgan fingerprint density at radius 1 is 1.19 bits per heavy atom. The molecule has 0 aliphatic carbocycles. The van der Waals surface area contributed by atoms with Crippen LogP contribution in [-0.2, 0) is 0 Å². The van der Waals surface area contributed by atoms with Crippen molar-refractivity contribution in [2.45, 2.75) is 19.1 Å². The number of alkyl halides is 2. The Hall–Kier alpha value is 0.420. The van der Waals surface area contributed by atoms with Gasteiger partial charge in [0.15, 0.2) is 0 Å². The minimum atomic E-state index is -0.495. The molecular weight excluding hydrogens is 251 g/mol. The molecule has 0 aliphatic heterocycles. The first-order valence-corrected chi connectivity index (χ1v) is 6.62. The number of hydrogen-bond donors (Lipinski definition) is 3. The van der Waals surface area contributed by atoms with E-state index in [0.717, 1.165) is 19.6 Å². The molecule has 0 radical (unpaired) electrons. The Labute approximate surface area is 108 Å². The fourth-order valence-electron chi connectivity index (χ4n) is 1.29. The third kappa shape index (κ3) is 8.56. The summed E-state index contributed by atoms with van der Waals surface area (Å²) in [5, 5.41) is 21.7. The van der Waals surface area contributed by atoms with Crippen molar-refractivity contribution in [2.24, 2.45) is 0 Å². The zero-order valence-corrected chi connectivity index (χ0v) is 11.2. The van der Waals surface area contributed by atoms with Crippen molar-refractivity contribution in [3.8, 4) is 0 Å². The van der Waals surface area contributed by atoms with Crippen molar-refractivity contribution in [3.05, 3.63) is 0 Å². The molecular formula is C10H22Cl2N2O2. The van der Waals surface area contributed by atoms with Crippen LogP contribution < -0.4 is 5.32 Å². The van der Waals surface area contributed by atoms with E-state index in [1.807, 2.05) is 6.92 Å². The van der Waals surface area contributed by atoms with Crippen LogP contribution in [0.15, 0.2) is 0 Å². The molecule has 0 heterocycles. The van der Waals surface area contributed by atoms with Crippen LogP contribution in [-0.4, -0.2) is 71.8 Å². The smallest absolute Gasteiger partial charge is 0.0802 e. The van der Waals surface area contributed by atoms with Crippen LogP contribution in [0.2, 0.25) is 0 Å². The van der Waals surface area contributed by atoms with Crippen molar-refractivity contribution in [1.82, 2.24) is 10.2 Å².